The number of nitrogens with one attached hydrogen (secondary N) is 1. The van der Waals surface area contributed by atoms with Crippen LogP contribution in [0.4, 0.5) is 4.39 Å². The molecule has 0 radical (unpaired) electrons. The Morgan fingerprint density at radius 1 is 1.12 bits per heavy atom. The van der Waals surface area contributed by atoms with Crippen molar-refractivity contribution in [1.29, 1.82) is 0 Å². The summed E-state index contributed by atoms with van der Waals surface area (Å²) in [6, 6.07) is 16.5. The van der Waals surface area contributed by atoms with Crippen LogP contribution in [0, 0.1) is 18.2 Å². The summed E-state index contributed by atoms with van der Waals surface area (Å²) in [5.74, 6) is -0.652. The number of nitrogens with zero attached hydrogens (tertiary/aromatic N) is 1. The molecule has 5 rings (SSSR count). The van der Waals surface area contributed by atoms with Gasteiger partial charge in [-0.15, -0.1) is 0 Å². The molecule has 1 aliphatic heterocycles. The molecule has 3 aromatic carbocycles. The van der Waals surface area contributed by atoms with Crippen LogP contribution in [0.3, 0.4) is 0 Å². The lowest BCUT2D eigenvalue weighted by Crippen LogP contribution is -2.48. The predicted octanol–water partition coefficient (Wildman–Crippen LogP) is 4.90. The molecule has 1 aliphatic carbocycles. The Balaban J connectivity index is 1.37. The minimum atomic E-state index is -3.39. The van der Waals surface area contributed by atoms with Crippen LogP contribution in [-0.4, -0.2) is 50.9 Å². The molecule has 42 heavy (non-hydrogen) atoms. The molecule has 1 heterocycles. The number of aryl methyl sites for hydroxylation is 1. The Kier molecular flexibility index (Phi) is 8.29. The minimum Gasteiger partial charge on any atom is -0.401 e. The Morgan fingerprint density at radius 3 is 2.62 bits per heavy atom. The number of likely N-dealkylation sites (tertiary alicyclic amines) is 1. The smallest absolute Gasteiger partial charge is 0.234 e. The van der Waals surface area contributed by atoms with Gasteiger partial charge in [0.05, 0.1) is 11.4 Å². The number of rotatable bonds is 7. The van der Waals surface area contributed by atoms with E-state index in [1.807, 2.05) is 17.9 Å². The molecule has 1 fully saturated rings. The summed E-state index contributed by atoms with van der Waals surface area (Å²) in [7, 11) is -3.39. The summed E-state index contributed by atoms with van der Waals surface area (Å²) in [5.41, 5.74) is 10.3. The van der Waals surface area contributed by atoms with Crippen molar-refractivity contribution in [3.05, 3.63) is 93.9 Å². The number of hydrogen-bond donors (Lipinski definition) is 2. The van der Waals surface area contributed by atoms with E-state index in [2.05, 4.69) is 5.32 Å². The van der Waals surface area contributed by atoms with Crippen molar-refractivity contribution >= 4 is 38.7 Å². The molecule has 0 unspecified atom stereocenters. The van der Waals surface area contributed by atoms with Crippen molar-refractivity contribution in [2.24, 2.45) is 11.1 Å². The van der Waals surface area contributed by atoms with Gasteiger partial charge in [0.15, 0.2) is 15.6 Å². The van der Waals surface area contributed by atoms with E-state index < -0.39 is 15.3 Å². The van der Waals surface area contributed by atoms with Gasteiger partial charge in [-0.1, -0.05) is 41.9 Å². The van der Waals surface area contributed by atoms with Gasteiger partial charge < -0.3 is 11.1 Å². The van der Waals surface area contributed by atoms with Crippen LogP contribution < -0.4 is 11.1 Å². The number of halogens is 2. The topological polar surface area (TPSA) is 110 Å². The molecule has 0 aromatic heterocycles. The van der Waals surface area contributed by atoms with Gasteiger partial charge in [-0.25, -0.2) is 12.8 Å². The fraction of sp³-hybridized carbons (Fsp3) is 0.312. The Morgan fingerprint density at radius 2 is 1.88 bits per heavy atom. The molecule has 220 valence electrons. The molecular formula is C32H33ClFN3O4S. The second-order valence-corrected chi connectivity index (χ2v) is 13.7. The van der Waals surface area contributed by atoms with Gasteiger partial charge in [-0.3, -0.25) is 14.5 Å². The highest BCUT2D eigenvalue weighted by Crippen LogP contribution is 2.49. The van der Waals surface area contributed by atoms with Crippen LogP contribution in [0.25, 0.3) is 16.7 Å². The molecule has 1 amide bonds. The van der Waals surface area contributed by atoms with Crippen LogP contribution in [0.2, 0.25) is 5.02 Å². The quantitative estimate of drug-likeness (QED) is 0.394. The summed E-state index contributed by atoms with van der Waals surface area (Å²) in [5, 5.41) is 3.17. The number of carbonyl (C=O) groups is 2. The maximum Gasteiger partial charge on any atom is 0.234 e. The zero-order chi connectivity index (χ0) is 30.2. The van der Waals surface area contributed by atoms with Crippen molar-refractivity contribution in [2.45, 2.75) is 37.6 Å². The van der Waals surface area contributed by atoms with Crippen LogP contribution in [0.15, 0.2) is 71.3 Å². The first-order valence-corrected chi connectivity index (χ1v) is 16.0. The summed E-state index contributed by atoms with van der Waals surface area (Å²) in [4.78, 5) is 28.4. The fourth-order valence-electron chi connectivity index (χ4n) is 6.09. The van der Waals surface area contributed by atoms with Crippen LogP contribution >= 0.6 is 11.6 Å². The Labute approximate surface area is 250 Å². The zero-order valence-electron chi connectivity index (χ0n) is 23.5. The van der Waals surface area contributed by atoms with Crippen LogP contribution in [-0.2, 0) is 26.0 Å². The molecule has 7 nitrogen and oxygen atoms in total. The monoisotopic (exact) mass is 609 g/mol. The zero-order valence-corrected chi connectivity index (χ0v) is 25.1. The van der Waals surface area contributed by atoms with Gasteiger partial charge in [0, 0.05) is 58.6 Å². The van der Waals surface area contributed by atoms with Crippen molar-refractivity contribution in [1.82, 2.24) is 10.2 Å². The highest BCUT2D eigenvalue weighted by molar-refractivity contribution is 7.90. The van der Waals surface area contributed by atoms with E-state index in [4.69, 9.17) is 17.3 Å². The number of amides is 1. The second kappa shape index (κ2) is 11.6. The Hall–Kier alpha value is -3.53. The standard InChI is InChI=1S/C32H33ClFN3O4S/c1-20-13-25(21-8-5-9-23(14-21)42(2,40)41)26(33)15-24(20)30-28(38)16-32(31(30)35)11-6-12-37(19-32)18-29(39)36-17-22-7-3-4-10-27(22)34/h3-5,7-10,13-15H,6,11-12,16-19,35H2,1-2H3,(H,36,39)/t32-/m0/s1. The van der Waals surface area contributed by atoms with Crippen molar-refractivity contribution in [3.8, 4) is 11.1 Å². The Bertz CT molecular complexity index is 1720. The fourth-order valence-corrected chi connectivity index (χ4v) is 7.03. The van der Waals surface area contributed by atoms with Gasteiger partial charge in [0.1, 0.15) is 5.82 Å². The molecule has 0 bridgehead atoms. The molecular weight excluding hydrogens is 577 g/mol. The maximum absolute atomic E-state index is 13.9. The maximum atomic E-state index is 13.9. The normalized spacial score (nSPS) is 19.5. The lowest BCUT2D eigenvalue weighted by Gasteiger charge is -2.40. The number of nitrogens with two attached hydrogens (primary N) is 1. The summed E-state index contributed by atoms with van der Waals surface area (Å²) in [6.45, 7) is 3.26. The highest BCUT2D eigenvalue weighted by atomic mass is 35.5. The van der Waals surface area contributed by atoms with Crippen LogP contribution in [0.5, 0.6) is 0 Å². The van der Waals surface area contributed by atoms with Gasteiger partial charge in [-0.05, 0) is 73.3 Å². The van der Waals surface area contributed by atoms with Gasteiger partial charge in [0.2, 0.25) is 5.91 Å². The number of Topliss-reactive ketones (excluding diaryl/α,β-unsaturated/α-hetero) is 1. The first kappa shape index (κ1) is 29.9. The molecule has 1 saturated heterocycles. The number of carbonyl (C=O) groups excluding carboxylic acids is 2. The number of ketones is 1. The predicted molar refractivity (Wildman–Crippen MR) is 162 cm³/mol. The molecule has 1 spiro atoms. The van der Waals surface area contributed by atoms with E-state index in [1.165, 1.54) is 12.1 Å². The molecule has 1 atom stereocenters. The van der Waals surface area contributed by atoms with Gasteiger partial charge in [0.25, 0.3) is 0 Å². The van der Waals surface area contributed by atoms with Crippen molar-refractivity contribution in [2.75, 3.05) is 25.9 Å². The van der Waals surface area contributed by atoms with E-state index >= 15 is 0 Å². The molecule has 10 heteroatoms. The summed E-state index contributed by atoms with van der Waals surface area (Å²) >= 11 is 6.72. The van der Waals surface area contributed by atoms with E-state index in [0.717, 1.165) is 24.7 Å². The largest absolute Gasteiger partial charge is 0.401 e. The number of piperidine rings is 1. The average Bonchev–Trinajstić information content (AvgIpc) is 3.16. The van der Waals surface area contributed by atoms with Crippen molar-refractivity contribution < 1.29 is 22.4 Å². The molecule has 2 aliphatic rings. The number of hydrogen-bond acceptors (Lipinski definition) is 6. The summed E-state index contributed by atoms with van der Waals surface area (Å²) < 4.78 is 38.1. The van der Waals surface area contributed by atoms with Gasteiger partial charge >= 0.3 is 0 Å². The van der Waals surface area contributed by atoms with E-state index in [9.17, 15) is 22.4 Å². The minimum absolute atomic E-state index is 0.0654. The SMILES string of the molecule is Cc1cc(-c2cccc(S(C)(=O)=O)c2)c(Cl)cc1C1=C(N)[C@@]2(CCCN(CC(=O)NCc3ccccc3F)C2)CC1=O. The van der Waals surface area contributed by atoms with Crippen molar-refractivity contribution in [3.63, 3.8) is 0 Å². The average molecular weight is 610 g/mol. The highest BCUT2D eigenvalue weighted by Gasteiger charge is 2.47. The third kappa shape index (κ3) is 6.00. The third-order valence-electron chi connectivity index (χ3n) is 8.23. The lowest BCUT2D eigenvalue weighted by molar-refractivity contribution is -0.123. The van der Waals surface area contributed by atoms with E-state index in [-0.39, 0.29) is 41.9 Å². The van der Waals surface area contributed by atoms with E-state index in [1.54, 1.807) is 42.5 Å². The molecule has 3 N–H and O–H groups in total. The third-order valence-corrected chi connectivity index (χ3v) is 9.65. The first-order valence-electron chi connectivity index (χ1n) is 13.7. The first-order chi connectivity index (χ1) is 19.9. The number of allylic oxidation sites excluding steroid dienone is 1. The number of sulfone groups is 1. The molecule has 0 saturated carbocycles. The number of benzene rings is 3. The molecule has 3 aromatic rings. The van der Waals surface area contributed by atoms with Gasteiger partial charge in [-0.2, -0.15) is 0 Å². The van der Waals surface area contributed by atoms with E-state index in [0.29, 0.717) is 51.6 Å². The van der Waals surface area contributed by atoms with Crippen LogP contribution in [0.1, 0.15) is 36.0 Å². The summed E-state index contributed by atoms with van der Waals surface area (Å²) in [6.07, 6.45) is 2.90. The lowest BCUT2D eigenvalue weighted by atomic mass is 9.77. The second-order valence-electron chi connectivity index (χ2n) is 11.3.